The van der Waals surface area contributed by atoms with E-state index in [9.17, 15) is 13.2 Å². The van der Waals surface area contributed by atoms with Gasteiger partial charge in [0.2, 0.25) is 0 Å². The maximum atomic E-state index is 10.2. The van der Waals surface area contributed by atoms with Crippen LogP contribution in [0.15, 0.2) is 0 Å². The molecule has 0 rings (SSSR count). The molecule has 0 aromatic heterocycles. The molecular weight excluding hydrogens is 234 g/mol. The monoisotopic (exact) mass is 236 g/mol. The van der Waals surface area contributed by atoms with Gasteiger partial charge in [-0.1, -0.05) is 12.6 Å². The van der Waals surface area contributed by atoms with Gasteiger partial charge < -0.3 is 1.43 Å². The molecule has 0 heterocycles. The Morgan fingerprint density at radius 3 is 1.33 bits per heavy atom. The average molecular weight is 236 g/mol. The Kier molecular flexibility index (Phi) is 7.57. The third-order valence-corrected chi connectivity index (χ3v) is 0. The van der Waals surface area contributed by atoms with Gasteiger partial charge in [0.05, 0.1) is 0 Å². The van der Waals surface area contributed by atoms with Crippen LogP contribution in [0.4, 0.5) is 13.2 Å². The second-order valence-electron chi connectivity index (χ2n) is 0.468. The fourth-order valence-corrected chi connectivity index (χ4v) is 0. The molecule has 34 valence electrons. The number of hydrogen-bond acceptors (Lipinski definition) is 1. The minimum absolute atomic E-state index is 0. The zero-order valence-corrected chi connectivity index (χ0v) is 10.3. The van der Waals surface area contributed by atoms with Crippen molar-refractivity contribution in [1.29, 1.82) is 0 Å². The summed E-state index contributed by atoms with van der Waals surface area (Å²) in [6.45, 7) is 0. The van der Waals surface area contributed by atoms with E-state index in [4.69, 9.17) is 0 Å². The Bertz CT molecular complexity index is 30.4. The van der Waals surface area contributed by atoms with E-state index in [0.717, 1.165) is 0 Å². The van der Waals surface area contributed by atoms with E-state index in [2.05, 4.69) is 12.6 Å². The molecule has 0 bridgehead atoms. The molecule has 0 saturated heterocycles. The van der Waals surface area contributed by atoms with Crippen LogP contribution in [-0.2, 0) is 0 Å². The molecular formula is CH2CsF3S. The third kappa shape index (κ3) is 34.7. The van der Waals surface area contributed by atoms with Gasteiger partial charge in [-0.2, -0.15) is 13.2 Å². The molecule has 0 atom stereocenters. The van der Waals surface area contributed by atoms with Crippen LogP contribution in [0.2, 0.25) is 0 Å². The first-order valence-electron chi connectivity index (χ1n) is 0.791. The summed E-state index contributed by atoms with van der Waals surface area (Å²) in [5, 5.41) is 0. The fourth-order valence-electron chi connectivity index (χ4n) is 0. The Hall–Kier alpha value is 2.19. The van der Waals surface area contributed by atoms with Crippen molar-refractivity contribution in [1.82, 2.24) is 0 Å². The summed E-state index contributed by atoms with van der Waals surface area (Å²) in [5.41, 5.74) is -4.31. The van der Waals surface area contributed by atoms with Gasteiger partial charge >= 0.3 is 74.4 Å². The van der Waals surface area contributed by atoms with Gasteiger partial charge in [-0.25, -0.2) is 0 Å². The maximum absolute atomic E-state index is 10.2. The molecule has 0 amide bonds. The van der Waals surface area contributed by atoms with Gasteiger partial charge in [0.25, 0.3) is 0 Å². The van der Waals surface area contributed by atoms with Crippen molar-refractivity contribution >= 4 is 12.6 Å². The van der Waals surface area contributed by atoms with Gasteiger partial charge in [0.1, 0.15) is 0 Å². The third-order valence-electron chi connectivity index (χ3n) is 0. The van der Waals surface area contributed by atoms with Crippen LogP contribution in [0, 0.1) is 0 Å². The quantitative estimate of drug-likeness (QED) is 0.489. The van der Waals surface area contributed by atoms with E-state index in [1.807, 2.05) is 0 Å². The van der Waals surface area contributed by atoms with E-state index in [0.29, 0.717) is 0 Å². The van der Waals surface area contributed by atoms with Crippen LogP contribution < -0.4 is 68.9 Å². The van der Waals surface area contributed by atoms with Gasteiger partial charge in [0, 0.05) is 0 Å². The fraction of sp³-hybridized carbons (Fsp3) is 1.00. The Balaban J connectivity index is -0.0000000800. The first kappa shape index (κ1) is 11.1. The summed E-state index contributed by atoms with van der Waals surface area (Å²) in [6.07, 6.45) is 0. The van der Waals surface area contributed by atoms with Crippen LogP contribution in [0.5, 0.6) is 0 Å². The number of hydrogen-bond donors (Lipinski definition) is 1. The smallest absolute Gasteiger partial charge is 1.00 e. The van der Waals surface area contributed by atoms with Crippen molar-refractivity contribution in [2.24, 2.45) is 0 Å². The molecule has 0 spiro atoms. The summed E-state index contributed by atoms with van der Waals surface area (Å²) >= 11 is 2.12. The van der Waals surface area contributed by atoms with Crippen molar-refractivity contribution < 1.29 is 83.5 Å². The van der Waals surface area contributed by atoms with E-state index in [1.165, 1.54) is 0 Å². The normalized spacial score (nSPS) is 10.0. The first-order valence-corrected chi connectivity index (χ1v) is 1.24. The number of alkyl halides is 3. The molecule has 0 aliphatic heterocycles. The molecule has 0 aliphatic rings. The Morgan fingerprint density at radius 1 is 1.33 bits per heavy atom. The SMILES string of the molecule is FC(F)(F)S.[Cs+].[H-]. The minimum atomic E-state index is -4.31. The van der Waals surface area contributed by atoms with Crippen LogP contribution in [-0.4, -0.2) is 5.51 Å². The summed E-state index contributed by atoms with van der Waals surface area (Å²) in [6, 6.07) is 0. The van der Waals surface area contributed by atoms with Crippen molar-refractivity contribution in [2.75, 3.05) is 0 Å². The predicted octanol–water partition coefficient (Wildman–Crippen LogP) is -1.45. The van der Waals surface area contributed by atoms with Crippen molar-refractivity contribution in [3.63, 3.8) is 0 Å². The molecule has 0 aliphatic carbocycles. The predicted molar refractivity (Wildman–Crippen MR) is 16.2 cm³/mol. The number of rotatable bonds is 0. The standard InChI is InChI=1S/CHF3S.Cs.H/c2-1(3,4)5;;/h5H;;/q;+1;-1. The minimum Gasteiger partial charge on any atom is -1.00 e. The Morgan fingerprint density at radius 2 is 1.33 bits per heavy atom. The van der Waals surface area contributed by atoms with Crippen LogP contribution in [0.3, 0.4) is 0 Å². The average Bonchev–Trinajstić information content (AvgIpc) is 0.722. The van der Waals surface area contributed by atoms with E-state index in [-0.39, 0.29) is 70.3 Å². The summed E-state index contributed by atoms with van der Waals surface area (Å²) in [7, 11) is 0. The molecule has 0 nitrogen and oxygen atoms in total. The topological polar surface area (TPSA) is 0 Å². The second kappa shape index (κ2) is 4.11. The van der Waals surface area contributed by atoms with Gasteiger partial charge in [0.15, 0.2) is 0 Å². The molecule has 0 fully saturated rings. The first-order chi connectivity index (χ1) is 2.00. The van der Waals surface area contributed by atoms with Gasteiger partial charge in [-0.05, 0) is 0 Å². The van der Waals surface area contributed by atoms with Gasteiger partial charge in [-0.3, -0.25) is 0 Å². The molecule has 0 unspecified atom stereocenters. The van der Waals surface area contributed by atoms with E-state index < -0.39 is 5.51 Å². The van der Waals surface area contributed by atoms with Crippen molar-refractivity contribution in [3.05, 3.63) is 0 Å². The maximum Gasteiger partial charge on any atom is 1.00 e. The molecule has 0 aromatic carbocycles. The molecule has 5 heteroatoms. The van der Waals surface area contributed by atoms with Crippen LogP contribution in [0.25, 0.3) is 0 Å². The molecule has 0 N–H and O–H groups in total. The summed E-state index contributed by atoms with van der Waals surface area (Å²) < 4.78 is 30.7. The summed E-state index contributed by atoms with van der Waals surface area (Å²) in [5.74, 6) is 0. The zero-order valence-electron chi connectivity index (χ0n) is 4.08. The molecule has 6 heavy (non-hydrogen) atoms. The van der Waals surface area contributed by atoms with Crippen LogP contribution in [0.1, 0.15) is 1.43 Å². The second-order valence-corrected chi connectivity index (χ2v) is 0.975. The van der Waals surface area contributed by atoms with Crippen molar-refractivity contribution in [3.8, 4) is 0 Å². The number of halogens is 3. The molecule has 0 saturated carbocycles. The number of thiol groups is 1. The zero-order chi connectivity index (χ0) is 4.50. The summed E-state index contributed by atoms with van der Waals surface area (Å²) in [4.78, 5) is 0. The Labute approximate surface area is 99.2 Å². The van der Waals surface area contributed by atoms with Gasteiger partial charge in [-0.15, -0.1) is 0 Å². The van der Waals surface area contributed by atoms with Crippen molar-refractivity contribution in [2.45, 2.75) is 5.51 Å². The molecule has 0 aromatic rings. The largest absolute Gasteiger partial charge is 1.00 e. The van der Waals surface area contributed by atoms with E-state index in [1.54, 1.807) is 0 Å². The molecule has 0 radical (unpaired) electrons. The van der Waals surface area contributed by atoms with E-state index >= 15 is 0 Å². The van der Waals surface area contributed by atoms with Crippen LogP contribution >= 0.6 is 12.6 Å².